The second kappa shape index (κ2) is 15.2. The van der Waals surface area contributed by atoms with Gasteiger partial charge < -0.3 is 4.98 Å². The minimum absolute atomic E-state index is 0. The molecule has 0 fully saturated rings. The Balaban J connectivity index is 0.000000265. The first kappa shape index (κ1) is 25.3. The van der Waals surface area contributed by atoms with E-state index in [1.807, 2.05) is 63.4 Å². The van der Waals surface area contributed by atoms with Gasteiger partial charge in [-0.15, -0.1) is 23.8 Å². The molecule has 0 saturated heterocycles. The zero-order valence-electron chi connectivity index (χ0n) is 38.1. The van der Waals surface area contributed by atoms with Crippen LogP contribution in [0.25, 0.3) is 42.8 Å². The van der Waals surface area contributed by atoms with Crippen LogP contribution in [0.3, 0.4) is 0 Å². The SMILES string of the molecule is [2H]C([2H])([2H])c1ccc2c(n1)sc1c(-c3cc(C([2H])([2H])C(C)C)c(C([2H])([2H])[2H])cn3)[c-]ccc12.[2H]C([2H])(c1cc(-c2[c-]cccc2)nc[c]1[Ge]([CH3])([CH3])[CH3])C(C)(C)C.[Ir]. The first-order chi connectivity index (χ1) is 25.7. The first-order valence-electron chi connectivity index (χ1n) is 20.4. The van der Waals surface area contributed by atoms with Crippen molar-refractivity contribution in [2.45, 2.75) is 78.3 Å². The topological polar surface area (TPSA) is 38.7 Å². The predicted molar refractivity (Wildman–Crippen MR) is 202 cm³/mol. The number of nitrogens with zero attached hydrogens (tertiary/aromatic N) is 3. The molecule has 0 bridgehead atoms. The van der Waals surface area contributed by atoms with Crippen LogP contribution in [0.1, 0.15) is 70.7 Å². The van der Waals surface area contributed by atoms with E-state index in [9.17, 15) is 0 Å². The fourth-order valence-electron chi connectivity index (χ4n) is 5.10. The van der Waals surface area contributed by atoms with Crippen LogP contribution in [0.2, 0.25) is 17.3 Å². The Labute approximate surface area is 316 Å². The van der Waals surface area contributed by atoms with Crippen molar-refractivity contribution in [2.24, 2.45) is 11.3 Å². The number of hydrogen-bond donors (Lipinski definition) is 0. The maximum absolute atomic E-state index is 8.76. The maximum atomic E-state index is 8.76. The summed E-state index contributed by atoms with van der Waals surface area (Å²) < 4.78 is 83.0. The summed E-state index contributed by atoms with van der Waals surface area (Å²) in [5.41, 5.74) is 3.00. The van der Waals surface area contributed by atoms with Crippen molar-refractivity contribution in [2.75, 3.05) is 0 Å². The Hall–Kier alpha value is -2.70. The average molecular weight is 889 g/mol. The summed E-state index contributed by atoms with van der Waals surface area (Å²) in [5, 5.41) is 1.65. The minimum atomic E-state index is -2.51. The van der Waals surface area contributed by atoms with E-state index < -0.39 is 51.0 Å². The molecule has 4 aromatic heterocycles. The number of aryl methyl sites for hydroxylation is 2. The first-order valence-corrected chi connectivity index (χ1v) is 23.6. The summed E-state index contributed by atoms with van der Waals surface area (Å²) in [6.45, 7) is 4.46. The Kier molecular flexibility index (Phi) is 8.20. The van der Waals surface area contributed by atoms with Gasteiger partial charge in [-0.3, -0.25) is 0 Å². The molecule has 0 atom stereocenters. The summed E-state index contributed by atoms with van der Waals surface area (Å²) in [5.74, 6) is 6.40. The van der Waals surface area contributed by atoms with Gasteiger partial charge in [0.15, 0.2) is 0 Å². The van der Waals surface area contributed by atoms with E-state index in [4.69, 9.17) is 13.7 Å². The standard InChI is InChI=1S/C22H21N2S.C19H26GeN.Ir/c1-13(2)10-16-11-20(23-12-14(16)3)19-7-5-6-17-18-9-8-15(4)24-22(18)25-21(17)19;1-19(2,3)13-16-12-18(15-10-8-7-9-11-15)21-14-17(16)20(4,5)6;/h5-6,8-9,11-13H,10H2,1-4H3;7-10,12,14H,13H2,1-6H3;/q2*-1;/i3D3,4D3,10D2;13D2;. The van der Waals surface area contributed by atoms with Gasteiger partial charge in [0.25, 0.3) is 0 Å². The van der Waals surface area contributed by atoms with Crippen LogP contribution < -0.4 is 4.40 Å². The average Bonchev–Trinajstić information content (AvgIpc) is 3.48. The van der Waals surface area contributed by atoms with Crippen molar-refractivity contribution < 1.29 is 33.8 Å². The van der Waals surface area contributed by atoms with Crippen molar-refractivity contribution in [3.05, 3.63) is 108 Å². The number of pyridine rings is 3. The maximum Gasteiger partial charge on any atom is 0 e. The molecule has 6 aromatic rings. The van der Waals surface area contributed by atoms with Gasteiger partial charge in [-0.1, -0.05) is 36.9 Å². The van der Waals surface area contributed by atoms with E-state index in [1.54, 1.807) is 26.0 Å². The minimum Gasteiger partial charge on any atom is 0 e. The van der Waals surface area contributed by atoms with Gasteiger partial charge in [0.2, 0.25) is 0 Å². The summed E-state index contributed by atoms with van der Waals surface area (Å²) in [6.07, 6.45) is -0.156. The molecule has 247 valence electrons. The molecule has 0 saturated carbocycles. The van der Waals surface area contributed by atoms with Crippen LogP contribution in [0.15, 0.2) is 73.1 Å². The Bertz CT molecular complexity index is 2360. The molecular weight excluding hydrogens is 831 g/mol. The molecule has 0 aliphatic carbocycles. The largest absolute Gasteiger partial charge is 0 e. The van der Waals surface area contributed by atoms with E-state index in [1.165, 1.54) is 29.7 Å². The molecule has 0 aliphatic heterocycles. The van der Waals surface area contributed by atoms with E-state index in [-0.39, 0.29) is 36.9 Å². The molecule has 0 amide bonds. The molecular formula is C41H47GeIrN3S-2. The Morgan fingerprint density at radius 1 is 0.894 bits per heavy atom. The molecule has 0 aliphatic rings. The molecule has 2 aromatic carbocycles. The third-order valence-corrected chi connectivity index (χ3v) is 12.5. The Morgan fingerprint density at radius 3 is 2.32 bits per heavy atom. The quantitative estimate of drug-likeness (QED) is 0.124. The van der Waals surface area contributed by atoms with Crippen LogP contribution in [-0.4, -0.2) is 28.2 Å². The summed E-state index contributed by atoms with van der Waals surface area (Å²) in [7, 11) is 0. The van der Waals surface area contributed by atoms with Gasteiger partial charge in [0.05, 0.1) is 0 Å². The normalized spacial score (nSPS) is 16.1. The van der Waals surface area contributed by atoms with E-state index in [0.29, 0.717) is 16.1 Å². The molecule has 4 heterocycles. The van der Waals surface area contributed by atoms with Crippen LogP contribution in [0, 0.1) is 37.2 Å². The van der Waals surface area contributed by atoms with Crippen molar-refractivity contribution >= 4 is 49.3 Å². The van der Waals surface area contributed by atoms with Gasteiger partial charge in [-0.05, 0) is 53.4 Å². The van der Waals surface area contributed by atoms with Crippen LogP contribution in [0.5, 0.6) is 0 Å². The van der Waals surface area contributed by atoms with Crippen molar-refractivity contribution in [1.29, 1.82) is 0 Å². The third-order valence-electron chi connectivity index (χ3n) is 7.11. The van der Waals surface area contributed by atoms with Crippen molar-refractivity contribution in [3.63, 3.8) is 0 Å². The molecule has 6 heteroatoms. The molecule has 6 rings (SSSR count). The number of hydrogen-bond acceptors (Lipinski definition) is 4. The fourth-order valence-corrected chi connectivity index (χ4v) is 9.20. The van der Waals surface area contributed by atoms with E-state index >= 15 is 0 Å². The fraction of sp³-hybridized carbons (Fsp3) is 0.341. The van der Waals surface area contributed by atoms with Crippen LogP contribution >= 0.6 is 11.3 Å². The second-order valence-corrected chi connectivity index (χ2v) is 25.2. The molecule has 0 spiro atoms. The molecule has 47 heavy (non-hydrogen) atoms. The van der Waals surface area contributed by atoms with Crippen molar-refractivity contribution in [1.82, 2.24) is 15.0 Å². The van der Waals surface area contributed by atoms with Crippen LogP contribution in [-0.2, 0) is 32.9 Å². The molecule has 0 N–H and O–H groups in total. The van der Waals surface area contributed by atoms with Gasteiger partial charge in [0, 0.05) is 43.0 Å². The van der Waals surface area contributed by atoms with Crippen molar-refractivity contribution in [3.8, 4) is 22.5 Å². The van der Waals surface area contributed by atoms with Crippen LogP contribution in [0.4, 0.5) is 0 Å². The third kappa shape index (κ3) is 9.26. The van der Waals surface area contributed by atoms with Gasteiger partial charge in [-0.2, -0.15) is 11.3 Å². The number of thiophene rings is 1. The zero-order valence-corrected chi connectivity index (χ0v) is 33.4. The predicted octanol–water partition coefficient (Wildman–Crippen LogP) is 10.8. The summed E-state index contributed by atoms with van der Waals surface area (Å²) >= 11 is -0.935. The summed E-state index contributed by atoms with van der Waals surface area (Å²) in [4.78, 5) is 13.9. The second-order valence-electron chi connectivity index (χ2n) is 13.7. The smallest absolute Gasteiger partial charge is 0 e. The molecule has 3 nitrogen and oxygen atoms in total. The van der Waals surface area contributed by atoms with E-state index in [0.717, 1.165) is 36.7 Å². The number of rotatable bonds is 6. The monoisotopic (exact) mass is 890 g/mol. The number of aromatic nitrogens is 3. The molecule has 0 unspecified atom stereocenters. The molecule has 1 radical (unpaired) electrons. The van der Waals surface area contributed by atoms with Gasteiger partial charge >= 0.3 is 135 Å². The van der Waals surface area contributed by atoms with Gasteiger partial charge in [-0.25, -0.2) is 4.98 Å². The number of fused-ring (bicyclic) bond motifs is 3. The zero-order chi connectivity index (χ0) is 41.8. The van der Waals surface area contributed by atoms with E-state index in [2.05, 4.69) is 44.4 Å². The number of benzene rings is 2. The van der Waals surface area contributed by atoms with Gasteiger partial charge in [0.1, 0.15) is 4.83 Å². The Morgan fingerprint density at radius 2 is 1.66 bits per heavy atom. The summed E-state index contributed by atoms with van der Waals surface area (Å²) in [6, 6.07) is 24.3.